The van der Waals surface area contributed by atoms with Crippen molar-refractivity contribution in [2.24, 2.45) is 0 Å². The molecule has 0 amide bonds. The van der Waals surface area contributed by atoms with Crippen LogP contribution in [0.1, 0.15) is 24.5 Å². The molecule has 1 saturated heterocycles. The fourth-order valence-electron chi connectivity index (χ4n) is 3.48. The van der Waals surface area contributed by atoms with E-state index < -0.39 is 0 Å². The van der Waals surface area contributed by atoms with Gasteiger partial charge in [0.2, 0.25) is 0 Å². The van der Waals surface area contributed by atoms with Crippen molar-refractivity contribution in [2.75, 3.05) is 20.1 Å². The minimum absolute atomic E-state index is 0. The Morgan fingerprint density at radius 1 is 1.00 bits per heavy atom. The van der Waals surface area contributed by atoms with Crippen molar-refractivity contribution < 1.29 is 4.39 Å². The van der Waals surface area contributed by atoms with Gasteiger partial charge in [-0.05, 0) is 51.2 Å². The Balaban J connectivity index is 0.00000169. The first-order valence-corrected chi connectivity index (χ1v) is 8.15. The Hall–Kier alpha value is -1.91. The summed E-state index contributed by atoms with van der Waals surface area (Å²) in [4.78, 5) is 2.35. The van der Waals surface area contributed by atoms with E-state index in [-0.39, 0.29) is 18.2 Å². The Bertz CT molecular complexity index is 837. The van der Waals surface area contributed by atoms with Crippen LogP contribution in [0.25, 0.3) is 16.6 Å². The molecule has 3 nitrogen and oxygen atoms in total. The number of halogens is 2. The molecule has 126 valence electrons. The predicted octanol–water partition coefficient (Wildman–Crippen LogP) is 4.40. The minimum Gasteiger partial charge on any atom is -0.306 e. The summed E-state index contributed by atoms with van der Waals surface area (Å²) in [6, 6.07) is 15.0. The van der Waals surface area contributed by atoms with Gasteiger partial charge in [-0.25, -0.2) is 9.07 Å². The lowest BCUT2D eigenvalue weighted by Gasteiger charge is -2.28. The maximum Gasteiger partial charge on any atom is 0.148 e. The third-order valence-corrected chi connectivity index (χ3v) is 4.80. The average Bonchev–Trinajstić information content (AvgIpc) is 2.96. The molecular formula is C19H21ClFN3. The lowest BCUT2D eigenvalue weighted by atomic mass is 9.92. The molecule has 5 heteroatoms. The van der Waals surface area contributed by atoms with E-state index in [1.165, 1.54) is 6.07 Å². The molecule has 0 bridgehead atoms. The molecule has 0 spiro atoms. The second-order valence-corrected chi connectivity index (χ2v) is 6.34. The second-order valence-electron chi connectivity index (χ2n) is 6.34. The topological polar surface area (TPSA) is 21.1 Å². The van der Waals surface area contributed by atoms with Crippen LogP contribution in [0.4, 0.5) is 4.39 Å². The lowest BCUT2D eigenvalue weighted by Crippen LogP contribution is -2.29. The number of hydrogen-bond acceptors (Lipinski definition) is 2. The first-order chi connectivity index (χ1) is 11.2. The van der Waals surface area contributed by atoms with Crippen LogP contribution in [0.3, 0.4) is 0 Å². The van der Waals surface area contributed by atoms with Crippen molar-refractivity contribution >= 4 is 23.3 Å². The van der Waals surface area contributed by atoms with Crippen LogP contribution in [0.5, 0.6) is 0 Å². The van der Waals surface area contributed by atoms with E-state index >= 15 is 0 Å². The van der Waals surface area contributed by atoms with Crippen molar-refractivity contribution in [1.29, 1.82) is 0 Å². The normalized spacial score (nSPS) is 16.2. The largest absolute Gasteiger partial charge is 0.306 e. The van der Waals surface area contributed by atoms with Crippen LogP contribution in [-0.2, 0) is 0 Å². The highest BCUT2D eigenvalue weighted by molar-refractivity contribution is 5.85. The summed E-state index contributed by atoms with van der Waals surface area (Å²) < 4.78 is 16.0. The summed E-state index contributed by atoms with van der Waals surface area (Å²) in [5.74, 6) is 0.208. The van der Waals surface area contributed by atoms with E-state index in [9.17, 15) is 4.39 Å². The van der Waals surface area contributed by atoms with E-state index in [1.54, 1.807) is 16.8 Å². The molecular weight excluding hydrogens is 325 g/mol. The summed E-state index contributed by atoms with van der Waals surface area (Å²) in [6.45, 7) is 2.18. The monoisotopic (exact) mass is 345 g/mol. The van der Waals surface area contributed by atoms with Crippen LogP contribution in [0.2, 0.25) is 0 Å². The van der Waals surface area contributed by atoms with Gasteiger partial charge in [0, 0.05) is 11.3 Å². The molecule has 2 aromatic carbocycles. The molecule has 0 atom stereocenters. The molecule has 0 radical (unpaired) electrons. The van der Waals surface area contributed by atoms with Crippen molar-refractivity contribution in [3.63, 3.8) is 0 Å². The number of likely N-dealkylation sites (tertiary alicyclic amines) is 1. The Labute approximate surface area is 147 Å². The van der Waals surface area contributed by atoms with E-state index in [0.717, 1.165) is 42.5 Å². The molecule has 24 heavy (non-hydrogen) atoms. The summed E-state index contributed by atoms with van der Waals surface area (Å²) in [6.07, 6.45) is 2.21. The number of benzene rings is 2. The van der Waals surface area contributed by atoms with Gasteiger partial charge in [-0.3, -0.25) is 0 Å². The number of aromatic nitrogens is 2. The average molecular weight is 346 g/mol. The first-order valence-electron chi connectivity index (χ1n) is 8.15. The Morgan fingerprint density at radius 3 is 2.42 bits per heavy atom. The highest BCUT2D eigenvalue weighted by atomic mass is 35.5. The zero-order chi connectivity index (χ0) is 15.8. The Morgan fingerprint density at radius 2 is 1.67 bits per heavy atom. The first kappa shape index (κ1) is 16.9. The maximum atomic E-state index is 14.2. The van der Waals surface area contributed by atoms with Crippen LogP contribution < -0.4 is 0 Å². The third-order valence-electron chi connectivity index (χ3n) is 4.80. The van der Waals surface area contributed by atoms with Crippen molar-refractivity contribution in [3.05, 3.63) is 60.0 Å². The summed E-state index contributed by atoms with van der Waals surface area (Å²) in [5.41, 5.74) is 2.60. The van der Waals surface area contributed by atoms with Crippen molar-refractivity contribution in [3.8, 4) is 5.69 Å². The van der Waals surface area contributed by atoms with Crippen molar-refractivity contribution in [1.82, 2.24) is 14.7 Å². The van der Waals surface area contributed by atoms with Gasteiger partial charge < -0.3 is 4.90 Å². The maximum absolute atomic E-state index is 14.2. The highest BCUT2D eigenvalue weighted by Crippen LogP contribution is 2.33. The fraction of sp³-hybridized carbons (Fsp3) is 0.316. The van der Waals surface area contributed by atoms with Gasteiger partial charge in [-0.1, -0.05) is 30.3 Å². The standard InChI is InChI=1S/C19H20FN3.ClH/c1-22-12-10-14(11-13-22)19-15-6-2-4-8-17(15)23(21-19)18-9-5-3-7-16(18)20;/h2-9,14H,10-13H2,1H3;1H. The van der Waals surface area contributed by atoms with Gasteiger partial charge in [0.15, 0.2) is 0 Å². The van der Waals surface area contributed by atoms with Gasteiger partial charge in [-0.2, -0.15) is 5.10 Å². The number of para-hydroxylation sites is 2. The molecule has 0 unspecified atom stereocenters. The minimum atomic E-state index is -0.240. The third kappa shape index (κ3) is 2.92. The smallest absolute Gasteiger partial charge is 0.148 e. The van der Waals surface area contributed by atoms with Crippen LogP contribution in [0.15, 0.2) is 48.5 Å². The zero-order valence-electron chi connectivity index (χ0n) is 13.7. The molecule has 2 heterocycles. The van der Waals surface area contributed by atoms with Gasteiger partial charge in [0.05, 0.1) is 11.2 Å². The molecule has 1 fully saturated rings. The number of nitrogens with zero attached hydrogens (tertiary/aromatic N) is 3. The molecule has 0 aliphatic carbocycles. The highest BCUT2D eigenvalue weighted by Gasteiger charge is 2.24. The Kier molecular flexibility index (Phi) is 4.88. The zero-order valence-corrected chi connectivity index (χ0v) is 14.5. The van der Waals surface area contributed by atoms with Gasteiger partial charge in [0.1, 0.15) is 11.5 Å². The molecule has 3 aromatic rings. The van der Waals surface area contributed by atoms with Crippen LogP contribution >= 0.6 is 12.4 Å². The predicted molar refractivity (Wildman–Crippen MR) is 97.7 cm³/mol. The molecule has 0 saturated carbocycles. The van der Waals surface area contributed by atoms with E-state index in [0.29, 0.717) is 11.6 Å². The van der Waals surface area contributed by atoms with E-state index in [2.05, 4.69) is 18.0 Å². The summed E-state index contributed by atoms with van der Waals surface area (Å²) >= 11 is 0. The van der Waals surface area contributed by atoms with Crippen LogP contribution in [-0.4, -0.2) is 34.8 Å². The van der Waals surface area contributed by atoms with Crippen LogP contribution in [0, 0.1) is 5.82 Å². The van der Waals surface area contributed by atoms with Gasteiger partial charge in [0.25, 0.3) is 0 Å². The van der Waals surface area contributed by atoms with Gasteiger partial charge >= 0.3 is 0 Å². The number of piperidine rings is 1. The summed E-state index contributed by atoms with van der Waals surface area (Å²) in [7, 11) is 2.16. The molecule has 1 aromatic heterocycles. The molecule has 1 aliphatic heterocycles. The van der Waals surface area contributed by atoms with E-state index in [4.69, 9.17) is 5.10 Å². The molecule has 4 rings (SSSR count). The lowest BCUT2D eigenvalue weighted by molar-refractivity contribution is 0.253. The summed E-state index contributed by atoms with van der Waals surface area (Å²) in [5, 5.41) is 5.97. The quantitative estimate of drug-likeness (QED) is 0.686. The molecule has 0 N–H and O–H groups in total. The number of fused-ring (bicyclic) bond motifs is 1. The fourth-order valence-corrected chi connectivity index (χ4v) is 3.48. The van der Waals surface area contributed by atoms with Crippen molar-refractivity contribution in [2.45, 2.75) is 18.8 Å². The van der Waals surface area contributed by atoms with E-state index in [1.807, 2.05) is 24.3 Å². The number of hydrogen-bond donors (Lipinski definition) is 0. The van der Waals surface area contributed by atoms with Gasteiger partial charge in [-0.15, -0.1) is 12.4 Å². The molecule has 1 aliphatic rings. The number of rotatable bonds is 2. The second kappa shape index (κ2) is 6.91. The SMILES string of the molecule is CN1CCC(c2nn(-c3ccccc3F)c3ccccc23)CC1.Cl.